The Morgan fingerprint density at radius 1 is 1.19 bits per heavy atom. The second-order valence-electron chi connectivity index (χ2n) is 7.00. The Kier molecular flexibility index (Phi) is 8.75. The number of amides is 1. The summed E-state index contributed by atoms with van der Waals surface area (Å²) >= 11 is 0. The van der Waals surface area contributed by atoms with Gasteiger partial charge in [0.1, 0.15) is 0 Å². The first-order valence-electron chi connectivity index (χ1n) is 9.70. The molecule has 1 aliphatic heterocycles. The van der Waals surface area contributed by atoms with Gasteiger partial charge in [-0.2, -0.15) is 0 Å². The molecule has 1 aromatic heterocycles. The smallest absolute Gasteiger partial charge is 0.273 e. The number of hydrogen-bond donors (Lipinski definition) is 2. The van der Waals surface area contributed by atoms with E-state index >= 15 is 0 Å². The summed E-state index contributed by atoms with van der Waals surface area (Å²) in [4.78, 5) is 12.4. The topological polar surface area (TPSA) is 71.8 Å². The van der Waals surface area contributed by atoms with Crippen molar-refractivity contribution in [1.29, 1.82) is 0 Å². The Labute approximate surface area is 167 Å². The summed E-state index contributed by atoms with van der Waals surface area (Å²) in [5.41, 5.74) is 2.72. The fourth-order valence-corrected chi connectivity index (χ4v) is 3.51. The van der Waals surface area contributed by atoms with Gasteiger partial charge in [0.25, 0.3) is 5.91 Å². The van der Waals surface area contributed by atoms with Crippen molar-refractivity contribution in [3.05, 3.63) is 47.3 Å². The van der Waals surface area contributed by atoms with Crippen LogP contribution in [0.4, 0.5) is 0 Å². The number of aromatic nitrogens is 3. The van der Waals surface area contributed by atoms with Gasteiger partial charge < -0.3 is 10.6 Å². The number of aryl methyl sites for hydroxylation is 1. The van der Waals surface area contributed by atoms with E-state index in [-0.39, 0.29) is 18.3 Å². The van der Waals surface area contributed by atoms with E-state index in [2.05, 4.69) is 45.2 Å². The Hall–Kier alpha value is -1.92. The normalized spacial score (nSPS) is 14.6. The van der Waals surface area contributed by atoms with Crippen molar-refractivity contribution in [1.82, 2.24) is 25.6 Å². The Morgan fingerprint density at radius 3 is 2.67 bits per heavy atom. The van der Waals surface area contributed by atoms with Gasteiger partial charge in [0.2, 0.25) is 0 Å². The van der Waals surface area contributed by atoms with Crippen LogP contribution in [0.1, 0.15) is 59.9 Å². The lowest BCUT2D eigenvalue weighted by atomic mass is 10.1. The Balaban J connectivity index is 0.00000261. The highest BCUT2D eigenvalue weighted by molar-refractivity contribution is 5.93. The van der Waals surface area contributed by atoms with Gasteiger partial charge in [-0.05, 0) is 57.7 Å². The van der Waals surface area contributed by atoms with E-state index in [4.69, 9.17) is 0 Å². The highest BCUT2D eigenvalue weighted by Crippen LogP contribution is 2.20. The van der Waals surface area contributed by atoms with Crippen LogP contribution in [0.3, 0.4) is 0 Å². The standard InChI is InChI=1S/C20H29N5O.ClH/c1-16-19(23-24-25(16)18-11-14-21-15-12-18)20(26)22-13-7-3-6-10-17-8-4-2-5-9-17;/h2,4-5,8-9,18,21H,3,6-7,10-15H2,1H3,(H,22,26);1H. The summed E-state index contributed by atoms with van der Waals surface area (Å²) < 4.78 is 1.93. The molecule has 1 fully saturated rings. The van der Waals surface area contributed by atoms with Gasteiger partial charge in [-0.3, -0.25) is 4.79 Å². The van der Waals surface area contributed by atoms with Crippen LogP contribution in [0.25, 0.3) is 0 Å². The third-order valence-corrected chi connectivity index (χ3v) is 5.07. The van der Waals surface area contributed by atoms with Crippen LogP contribution in [0.2, 0.25) is 0 Å². The van der Waals surface area contributed by atoms with Crippen LogP contribution in [0, 0.1) is 6.92 Å². The molecule has 27 heavy (non-hydrogen) atoms. The van der Waals surface area contributed by atoms with E-state index in [9.17, 15) is 4.79 Å². The first-order valence-corrected chi connectivity index (χ1v) is 9.70. The molecule has 0 radical (unpaired) electrons. The van der Waals surface area contributed by atoms with E-state index in [0.29, 0.717) is 18.3 Å². The predicted molar refractivity (Wildman–Crippen MR) is 109 cm³/mol. The molecule has 0 bridgehead atoms. The molecule has 6 nitrogen and oxygen atoms in total. The molecule has 148 valence electrons. The zero-order valence-corrected chi connectivity index (χ0v) is 16.8. The van der Waals surface area contributed by atoms with Gasteiger partial charge in [-0.15, -0.1) is 17.5 Å². The quantitative estimate of drug-likeness (QED) is 0.678. The number of nitrogens with one attached hydrogen (secondary N) is 2. The molecule has 1 aromatic carbocycles. The van der Waals surface area contributed by atoms with Crippen LogP contribution in [0.5, 0.6) is 0 Å². The summed E-state index contributed by atoms with van der Waals surface area (Å²) in [6.45, 7) is 4.62. The molecule has 0 unspecified atom stereocenters. The van der Waals surface area contributed by atoms with Crippen molar-refractivity contribution in [3.63, 3.8) is 0 Å². The van der Waals surface area contributed by atoms with Crippen molar-refractivity contribution in [2.45, 2.75) is 51.5 Å². The third-order valence-electron chi connectivity index (χ3n) is 5.07. The van der Waals surface area contributed by atoms with E-state index < -0.39 is 0 Å². The molecule has 2 heterocycles. The molecule has 1 saturated heterocycles. The maximum Gasteiger partial charge on any atom is 0.273 e. The number of piperidine rings is 1. The molecule has 1 amide bonds. The maximum absolute atomic E-state index is 12.4. The lowest BCUT2D eigenvalue weighted by Gasteiger charge is -2.23. The summed E-state index contributed by atoms with van der Waals surface area (Å²) in [5.74, 6) is -0.106. The van der Waals surface area contributed by atoms with Crippen LogP contribution in [-0.2, 0) is 6.42 Å². The van der Waals surface area contributed by atoms with Gasteiger partial charge in [-0.1, -0.05) is 42.0 Å². The molecule has 1 aliphatic rings. The number of unbranched alkanes of at least 4 members (excludes halogenated alkanes) is 2. The summed E-state index contributed by atoms with van der Waals surface area (Å²) in [7, 11) is 0. The minimum absolute atomic E-state index is 0. The second kappa shape index (κ2) is 11.0. The molecule has 0 saturated carbocycles. The Morgan fingerprint density at radius 2 is 1.93 bits per heavy atom. The van der Waals surface area contributed by atoms with Crippen molar-refractivity contribution in [3.8, 4) is 0 Å². The van der Waals surface area contributed by atoms with Crippen molar-refractivity contribution < 1.29 is 4.79 Å². The zero-order chi connectivity index (χ0) is 18.2. The SMILES string of the molecule is Cc1c(C(=O)NCCCCCc2ccccc2)nnn1C1CCNCC1.Cl. The number of rotatable bonds is 8. The largest absolute Gasteiger partial charge is 0.351 e. The maximum atomic E-state index is 12.4. The first kappa shape index (κ1) is 21.4. The van der Waals surface area contributed by atoms with Gasteiger partial charge in [0.15, 0.2) is 5.69 Å². The van der Waals surface area contributed by atoms with Gasteiger partial charge in [-0.25, -0.2) is 4.68 Å². The molecule has 2 N–H and O–H groups in total. The molecule has 2 aromatic rings. The molecule has 0 atom stereocenters. The van der Waals surface area contributed by atoms with Crippen molar-refractivity contribution in [2.24, 2.45) is 0 Å². The number of hydrogen-bond acceptors (Lipinski definition) is 4. The average molecular weight is 392 g/mol. The fraction of sp³-hybridized carbons (Fsp3) is 0.550. The molecule has 0 spiro atoms. The first-order chi connectivity index (χ1) is 12.8. The molecular formula is C20H30ClN5O. The predicted octanol–water partition coefficient (Wildman–Crippen LogP) is 3.08. The molecule has 3 rings (SSSR count). The van der Waals surface area contributed by atoms with E-state index in [0.717, 1.165) is 57.3 Å². The fourth-order valence-electron chi connectivity index (χ4n) is 3.51. The van der Waals surface area contributed by atoms with Crippen LogP contribution in [0.15, 0.2) is 30.3 Å². The van der Waals surface area contributed by atoms with Gasteiger partial charge in [0.05, 0.1) is 11.7 Å². The monoisotopic (exact) mass is 391 g/mol. The van der Waals surface area contributed by atoms with Crippen LogP contribution >= 0.6 is 12.4 Å². The van der Waals surface area contributed by atoms with Gasteiger partial charge >= 0.3 is 0 Å². The van der Waals surface area contributed by atoms with Crippen LogP contribution < -0.4 is 10.6 Å². The highest BCUT2D eigenvalue weighted by atomic mass is 35.5. The minimum Gasteiger partial charge on any atom is -0.351 e. The van der Waals surface area contributed by atoms with Crippen LogP contribution in [-0.4, -0.2) is 40.5 Å². The summed E-state index contributed by atoms with van der Waals surface area (Å²) in [6, 6.07) is 10.9. The zero-order valence-electron chi connectivity index (χ0n) is 16.0. The summed E-state index contributed by atoms with van der Waals surface area (Å²) in [6.07, 6.45) is 6.40. The van der Waals surface area contributed by atoms with E-state index in [1.54, 1.807) is 0 Å². The third kappa shape index (κ3) is 6.04. The molecule has 0 aliphatic carbocycles. The molecule has 7 heteroatoms. The lowest BCUT2D eigenvalue weighted by molar-refractivity contribution is 0.0947. The number of benzene rings is 1. The number of halogens is 1. The number of carbonyl (C=O) groups excluding carboxylic acids is 1. The Bertz CT molecular complexity index is 698. The van der Waals surface area contributed by atoms with E-state index in [1.807, 2.05) is 17.7 Å². The molecular weight excluding hydrogens is 362 g/mol. The number of nitrogens with zero attached hydrogens (tertiary/aromatic N) is 3. The summed E-state index contributed by atoms with van der Waals surface area (Å²) in [5, 5.41) is 14.7. The lowest BCUT2D eigenvalue weighted by Crippen LogP contribution is -2.30. The van der Waals surface area contributed by atoms with Crippen molar-refractivity contribution >= 4 is 18.3 Å². The minimum atomic E-state index is -0.106. The highest BCUT2D eigenvalue weighted by Gasteiger charge is 2.22. The van der Waals surface area contributed by atoms with E-state index in [1.165, 1.54) is 5.56 Å². The average Bonchev–Trinajstić information content (AvgIpc) is 3.07. The number of carbonyl (C=O) groups is 1. The second-order valence-corrected chi connectivity index (χ2v) is 7.00. The van der Waals surface area contributed by atoms with Crippen molar-refractivity contribution in [2.75, 3.05) is 19.6 Å². The van der Waals surface area contributed by atoms with Gasteiger partial charge in [0, 0.05) is 6.54 Å².